The number of hydrogen-bond donors (Lipinski definition) is 7. The first-order valence-electron chi connectivity index (χ1n) is 10.1. The molecule has 4 heterocycles. The summed E-state index contributed by atoms with van der Waals surface area (Å²) >= 11 is 0. The van der Waals surface area contributed by atoms with Crippen molar-refractivity contribution in [1.29, 1.82) is 0 Å². The van der Waals surface area contributed by atoms with Crippen LogP contribution >= 0.6 is 23.5 Å². The SMILES string of the molecule is Cn1nnnc1-c1cn([C@@H]2OC(COP(=O)(O)OP(=O)(O)OP(=O)(O)O)[C@@H](O)[C@@]2(C)O)c2ncnc(N)c12. The molecule has 1 saturated heterocycles. The number of aliphatic hydroxyl groups excluding tert-OH is 1. The highest BCUT2D eigenvalue weighted by atomic mass is 31.3. The van der Waals surface area contributed by atoms with Crippen LogP contribution in [0, 0.1) is 0 Å². The Morgan fingerprint density at radius 1 is 1.16 bits per heavy atom. The maximum absolute atomic E-state index is 12.1. The van der Waals surface area contributed by atoms with E-state index in [1.807, 2.05) is 0 Å². The van der Waals surface area contributed by atoms with Crippen LogP contribution in [0.4, 0.5) is 5.82 Å². The number of phosphoric acid groups is 3. The lowest BCUT2D eigenvalue weighted by Gasteiger charge is -2.27. The minimum Gasteiger partial charge on any atom is -0.387 e. The van der Waals surface area contributed by atoms with Crippen molar-refractivity contribution in [2.75, 3.05) is 12.3 Å². The zero-order chi connectivity index (χ0) is 28.3. The van der Waals surface area contributed by atoms with Crippen molar-refractivity contribution >= 4 is 40.3 Å². The highest BCUT2D eigenvalue weighted by Gasteiger charge is 2.54. The Labute approximate surface area is 211 Å². The molecule has 24 heteroatoms. The number of aromatic nitrogens is 7. The summed E-state index contributed by atoms with van der Waals surface area (Å²) in [5, 5.41) is 33.3. The number of aliphatic hydroxyl groups is 2. The van der Waals surface area contributed by atoms with E-state index >= 15 is 0 Å². The van der Waals surface area contributed by atoms with E-state index < -0.39 is 54.1 Å². The van der Waals surface area contributed by atoms with Crippen LogP contribution in [0.5, 0.6) is 0 Å². The average molecular weight is 602 g/mol. The molecule has 6 atom stereocenters. The maximum atomic E-state index is 12.1. The molecule has 0 spiro atoms. The number of nitrogens with two attached hydrogens (primary N) is 1. The van der Waals surface area contributed by atoms with Gasteiger partial charge in [0.25, 0.3) is 0 Å². The quantitative estimate of drug-likeness (QED) is 0.138. The van der Waals surface area contributed by atoms with Crippen LogP contribution < -0.4 is 5.73 Å². The topological polar surface area (TPSA) is 310 Å². The summed E-state index contributed by atoms with van der Waals surface area (Å²) < 4.78 is 54.5. The van der Waals surface area contributed by atoms with Crippen molar-refractivity contribution in [3.63, 3.8) is 0 Å². The molecule has 38 heavy (non-hydrogen) atoms. The fourth-order valence-electron chi connectivity index (χ4n) is 3.76. The van der Waals surface area contributed by atoms with Gasteiger partial charge in [-0.2, -0.15) is 8.62 Å². The van der Waals surface area contributed by atoms with E-state index in [2.05, 4.69) is 38.6 Å². The molecule has 1 fully saturated rings. The van der Waals surface area contributed by atoms with E-state index in [1.54, 1.807) is 7.05 Å². The Kier molecular flexibility index (Phi) is 7.39. The number of anilines is 1. The highest BCUT2D eigenvalue weighted by Crippen LogP contribution is 2.66. The molecule has 3 aromatic rings. The number of nitrogen functional groups attached to an aromatic ring is 1. The van der Waals surface area contributed by atoms with Gasteiger partial charge in [0, 0.05) is 13.2 Å². The molecule has 3 aromatic heterocycles. The summed E-state index contributed by atoms with van der Waals surface area (Å²) in [5.41, 5.74) is 4.43. The highest BCUT2D eigenvalue weighted by molar-refractivity contribution is 7.66. The second-order valence-electron chi connectivity index (χ2n) is 8.12. The Morgan fingerprint density at radius 2 is 1.84 bits per heavy atom. The van der Waals surface area contributed by atoms with E-state index in [1.165, 1.54) is 22.4 Å². The van der Waals surface area contributed by atoms with Crippen molar-refractivity contribution < 1.29 is 61.4 Å². The van der Waals surface area contributed by atoms with Crippen LogP contribution in [-0.4, -0.2) is 88.9 Å². The standard InChI is InChI=1S/C14H21N8O13P3/c1-14(24)9(23)7(4-32-37(28,29)35-38(30,31)34-36(25,26)27)33-13(14)22-3-6(11-18-19-20-21(11)2)8-10(15)16-5-17-12(8)22/h3,5,7,9,13,23-24H,4H2,1-2H3,(H,28,29)(H,30,31)(H2,15,16,17)(H2,25,26,27)/t7?,9-,13-,14-/m1/s1. The number of phosphoric ester groups is 1. The van der Waals surface area contributed by atoms with Crippen molar-refractivity contribution in [2.45, 2.75) is 31.0 Å². The molecule has 4 rings (SSSR count). The number of tetrazole rings is 1. The van der Waals surface area contributed by atoms with Gasteiger partial charge < -0.3 is 44.8 Å². The molecule has 1 aliphatic rings. The van der Waals surface area contributed by atoms with Gasteiger partial charge in [0.2, 0.25) is 0 Å². The third kappa shape index (κ3) is 5.70. The molecule has 3 unspecified atom stereocenters. The van der Waals surface area contributed by atoms with Crippen molar-refractivity contribution in [1.82, 2.24) is 34.7 Å². The predicted octanol–water partition coefficient (Wildman–Crippen LogP) is -1.44. The molecule has 21 nitrogen and oxygen atoms in total. The van der Waals surface area contributed by atoms with Gasteiger partial charge >= 0.3 is 23.5 Å². The molecule has 0 aliphatic carbocycles. The van der Waals surface area contributed by atoms with E-state index in [0.29, 0.717) is 5.56 Å². The Hall–Kier alpha value is -2.22. The van der Waals surface area contributed by atoms with Gasteiger partial charge in [0.05, 0.1) is 17.6 Å². The normalized spacial score (nSPS) is 27.4. The van der Waals surface area contributed by atoms with E-state index in [9.17, 15) is 33.7 Å². The summed E-state index contributed by atoms with van der Waals surface area (Å²) in [6, 6.07) is 0. The summed E-state index contributed by atoms with van der Waals surface area (Å²) in [5.74, 6) is 0.284. The summed E-state index contributed by atoms with van der Waals surface area (Å²) in [7, 11) is -15.3. The summed E-state index contributed by atoms with van der Waals surface area (Å²) in [6.45, 7) is 0.182. The summed E-state index contributed by atoms with van der Waals surface area (Å²) in [4.78, 5) is 44.3. The lowest BCUT2D eigenvalue weighted by molar-refractivity contribution is -0.0946. The zero-order valence-corrected chi connectivity index (χ0v) is 21.9. The number of aryl methyl sites for hydroxylation is 1. The molecule has 0 amide bonds. The lowest BCUT2D eigenvalue weighted by Crippen LogP contribution is -2.44. The smallest absolute Gasteiger partial charge is 0.387 e. The third-order valence-electron chi connectivity index (χ3n) is 5.32. The predicted molar refractivity (Wildman–Crippen MR) is 120 cm³/mol. The Bertz CT molecular complexity index is 1500. The number of hydrogen-bond acceptors (Lipinski definition) is 15. The van der Waals surface area contributed by atoms with Gasteiger partial charge in [-0.15, -0.1) is 5.10 Å². The van der Waals surface area contributed by atoms with Crippen LogP contribution in [0.3, 0.4) is 0 Å². The van der Waals surface area contributed by atoms with Crippen molar-refractivity contribution in [3.05, 3.63) is 12.5 Å². The molecule has 0 aromatic carbocycles. The molecule has 0 saturated carbocycles. The molecule has 8 N–H and O–H groups in total. The van der Waals surface area contributed by atoms with E-state index in [4.69, 9.17) is 20.3 Å². The van der Waals surface area contributed by atoms with Gasteiger partial charge in [0.1, 0.15) is 35.6 Å². The fourth-order valence-corrected chi connectivity index (χ4v) is 6.79. The number of ether oxygens (including phenoxy) is 1. The molecule has 1 aliphatic heterocycles. The monoisotopic (exact) mass is 602 g/mol. The number of rotatable bonds is 9. The fraction of sp³-hybridized carbons (Fsp3) is 0.500. The van der Waals surface area contributed by atoms with E-state index in [-0.39, 0.29) is 22.7 Å². The van der Waals surface area contributed by atoms with Crippen molar-refractivity contribution in [3.8, 4) is 11.4 Å². The van der Waals surface area contributed by atoms with Gasteiger partial charge in [-0.05, 0) is 17.4 Å². The number of fused-ring (bicyclic) bond motifs is 1. The average Bonchev–Trinajstić information content (AvgIpc) is 3.40. The van der Waals surface area contributed by atoms with Gasteiger partial charge in [-0.25, -0.2) is 28.3 Å². The zero-order valence-electron chi connectivity index (χ0n) is 19.2. The van der Waals surface area contributed by atoms with Crippen LogP contribution in [0.2, 0.25) is 0 Å². The Morgan fingerprint density at radius 3 is 2.45 bits per heavy atom. The van der Waals surface area contributed by atoms with Crippen molar-refractivity contribution in [2.24, 2.45) is 7.05 Å². The van der Waals surface area contributed by atoms with Gasteiger partial charge in [-0.3, -0.25) is 4.52 Å². The largest absolute Gasteiger partial charge is 0.490 e. The van der Waals surface area contributed by atoms with E-state index in [0.717, 1.165) is 6.33 Å². The Balaban J connectivity index is 1.61. The van der Waals surface area contributed by atoms with Gasteiger partial charge in [0.15, 0.2) is 12.1 Å². The summed E-state index contributed by atoms with van der Waals surface area (Å²) in [6.07, 6.45) is -2.18. The molecule has 210 valence electrons. The maximum Gasteiger partial charge on any atom is 0.490 e. The first-order valence-corrected chi connectivity index (χ1v) is 14.6. The van der Waals surface area contributed by atoms with Crippen LogP contribution in [0.15, 0.2) is 12.5 Å². The minimum absolute atomic E-state index is 0.0362. The lowest BCUT2D eigenvalue weighted by atomic mass is 9.96. The molecule has 0 radical (unpaired) electrons. The third-order valence-corrected chi connectivity index (χ3v) is 9.13. The number of nitrogens with zero attached hydrogens (tertiary/aromatic N) is 7. The van der Waals surface area contributed by atoms with Gasteiger partial charge in [-0.1, -0.05) is 0 Å². The first kappa shape index (κ1) is 28.8. The molecular weight excluding hydrogens is 581 g/mol. The molecule has 0 bridgehead atoms. The second kappa shape index (κ2) is 9.76. The van der Waals surface area contributed by atoms with Crippen LogP contribution in [0.25, 0.3) is 22.4 Å². The second-order valence-corrected chi connectivity index (χ2v) is 12.5. The molecular formula is C14H21N8O13P3. The van der Waals surface area contributed by atoms with Crippen LogP contribution in [-0.2, 0) is 38.6 Å². The minimum atomic E-state index is -5.76. The first-order chi connectivity index (χ1) is 17.4. The van der Waals surface area contributed by atoms with Crippen LogP contribution in [0.1, 0.15) is 13.2 Å².